The van der Waals surface area contributed by atoms with Crippen molar-refractivity contribution in [3.05, 3.63) is 39.9 Å². The van der Waals surface area contributed by atoms with Crippen LogP contribution >= 0.6 is 11.3 Å². The van der Waals surface area contributed by atoms with Crippen LogP contribution in [0.5, 0.6) is 0 Å². The predicted molar refractivity (Wildman–Crippen MR) is 134 cm³/mol. The third-order valence-electron chi connectivity index (χ3n) is 6.73. The molecule has 0 saturated carbocycles. The number of hydrogen-bond donors (Lipinski definition) is 4. The van der Waals surface area contributed by atoms with Gasteiger partial charge >= 0.3 is 0 Å². The van der Waals surface area contributed by atoms with Crippen molar-refractivity contribution in [3.8, 4) is 0 Å². The summed E-state index contributed by atoms with van der Waals surface area (Å²) in [7, 11) is 0. The number of allylic oxidation sites excluding steroid dienone is 1. The van der Waals surface area contributed by atoms with Crippen LogP contribution in [0, 0.1) is 18.3 Å². The standard InChI is InChI=1S/C26H43NO5S/c1-17(2)21(29)12-11-18(3)9-8-10-19(4)26(32,22-16-33-20(5)27-22)15-24(31)25(6,7)23(30)13-14-28/h11,16,19,21,23,28-30,32H,1,8-10,12-15H2,2-7H3. The highest BCUT2D eigenvalue weighted by Gasteiger charge is 2.44. The lowest BCUT2D eigenvalue weighted by Gasteiger charge is -2.37. The van der Waals surface area contributed by atoms with Gasteiger partial charge in [0.05, 0.1) is 22.9 Å². The Balaban J connectivity index is 2.95. The number of hydrogen-bond acceptors (Lipinski definition) is 7. The first-order valence-electron chi connectivity index (χ1n) is 11.7. The average Bonchev–Trinajstić information content (AvgIpc) is 3.18. The Labute approximate surface area is 203 Å². The molecule has 7 heteroatoms. The number of aliphatic hydroxyl groups excluding tert-OH is 3. The zero-order chi connectivity index (χ0) is 25.4. The fourth-order valence-corrected chi connectivity index (χ4v) is 4.45. The minimum absolute atomic E-state index is 0.105. The molecule has 0 aromatic carbocycles. The number of thiazole rings is 1. The van der Waals surface area contributed by atoms with Crippen LogP contribution < -0.4 is 0 Å². The molecule has 0 saturated heterocycles. The highest BCUT2D eigenvalue weighted by molar-refractivity contribution is 7.09. The molecule has 0 bridgehead atoms. The van der Waals surface area contributed by atoms with E-state index < -0.39 is 23.2 Å². The van der Waals surface area contributed by atoms with E-state index >= 15 is 0 Å². The second-order valence-electron chi connectivity index (χ2n) is 9.97. The molecule has 6 nitrogen and oxygen atoms in total. The second kappa shape index (κ2) is 12.9. The van der Waals surface area contributed by atoms with E-state index in [4.69, 9.17) is 5.11 Å². The molecule has 188 valence electrons. The Morgan fingerprint density at radius 3 is 2.42 bits per heavy atom. The summed E-state index contributed by atoms with van der Waals surface area (Å²) in [6.45, 7) is 14.5. The maximum atomic E-state index is 13.2. The van der Waals surface area contributed by atoms with Crippen LogP contribution in [0.1, 0.15) is 83.8 Å². The van der Waals surface area contributed by atoms with Gasteiger partial charge < -0.3 is 20.4 Å². The molecule has 0 spiro atoms. The summed E-state index contributed by atoms with van der Waals surface area (Å²) in [5, 5.41) is 43.8. The summed E-state index contributed by atoms with van der Waals surface area (Å²) >= 11 is 1.43. The Bertz CT molecular complexity index is 815. The highest BCUT2D eigenvalue weighted by atomic mass is 32.1. The number of carbonyl (C=O) groups is 1. The number of Topliss-reactive ketones (excluding diaryl/α,β-unsaturated/α-hetero) is 1. The van der Waals surface area contributed by atoms with E-state index in [1.807, 2.05) is 33.8 Å². The van der Waals surface area contributed by atoms with Crippen LogP contribution in [-0.4, -0.2) is 50.0 Å². The topological polar surface area (TPSA) is 111 Å². The molecule has 0 aliphatic rings. The number of rotatable bonds is 15. The van der Waals surface area contributed by atoms with E-state index in [0.717, 1.165) is 23.4 Å². The number of aliphatic hydroxyl groups is 4. The van der Waals surface area contributed by atoms with E-state index in [1.54, 1.807) is 19.2 Å². The monoisotopic (exact) mass is 481 g/mol. The lowest BCUT2D eigenvalue weighted by Crippen LogP contribution is -2.44. The van der Waals surface area contributed by atoms with Crippen molar-refractivity contribution in [1.29, 1.82) is 0 Å². The average molecular weight is 482 g/mol. The van der Waals surface area contributed by atoms with Gasteiger partial charge in [0.1, 0.15) is 11.4 Å². The summed E-state index contributed by atoms with van der Waals surface area (Å²) in [4.78, 5) is 17.7. The van der Waals surface area contributed by atoms with Crippen LogP contribution in [0.25, 0.3) is 0 Å². The minimum Gasteiger partial charge on any atom is -0.396 e. The van der Waals surface area contributed by atoms with E-state index in [-0.39, 0.29) is 31.1 Å². The largest absolute Gasteiger partial charge is 0.396 e. The first-order chi connectivity index (χ1) is 15.2. The van der Waals surface area contributed by atoms with E-state index in [2.05, 4.69) is 11.6 Å². The van der Waals surface area contributed by atoms with Crippen molar-refractivity contribution in [3.63, 3.8) is 0 Å². The third kappa shape index (κ3) is 8.41. The van der Waals surface area contributed by atoms with Gasteiger partial charge in [0.25, 0.3) is 0 Å². The third-order valence-corrected chi connectivity index (χ3v) is 7.50. The van der Waals surface area contributed by atoms with Gasteiger partial charge in [-0.1, -0.05) is 44.6 Å². The van der Waals surface area contributed by atoms with Gasteiger partial charge in [0, 0.05) is 23.8 Å². The normalized spacial score (nSPS) is 17.3. The van der Waals surface area contributed by atoms with Crippen LogP contribution in [0.3, 0.4) is 0 Å². The van der Waals surface area contributed by atoms with Crippen LogP contribution in [0.15, 0.2) is 29.2 Å². The van der Waals surface area contributed by atoms with Gasteiger partial charge in [-0.3, -0.25) is 4.79 Å². The Morgan fingerprint density at radius 1 is 1.27 bits per heavy atom. The van der Waals surface area contributed by atoms with Crippen LogP contribution in [0.4, 0.5) is 0 Å². The second-order valence-corrected chi connectivity index (χ2v) is 11.0. The maximum absolute atomic E-state index is 13.2. The molecule has 1 heterocycles. The molecule has 4 N–H and O–H groups in total. The highest BCUT2D eigenvalue weighted by Crippen LogP contribution is 2.40. The molecule has 0 radical (unpaired) electrons. The van der Waals surface area contributed by atoms with Crippen molar-refractivity contribution < 1.29 is 25.2 Å². The number of aryl methyl sites for hydroxylation is 1. The first kappa shape index (κ1) is 29.7. The van der Waals surface area contributed by atoms with Crippen molar-refractivity contribution in [1.82, 2.24) is 4.98 Å². The SMILES string of the molecule is C=C(C)C(O)CC=C(C)CCCC(C)C(O)(CC(=O)C(C)(C)C(O)CCO)c1csc(C)n1. The van der Waals surface area contributed by atoms with Gasteiger partial charge in [0.15, 0.2) is 0 Å². The number of carbonyl (C=O) groups excluding carboxylic acids is 1. The quantitative estimate of drug-likeness (QED) is 0.276. The predicted octanol–water partition coefficient (Wildman–Crippen LogP) is 4.45. The minimum atomic E-state index is -1.44. The Hall–Kier alpha value is -1.38. The molecule has 33 heavy (non-hydrogen) atoms. The molecule has 0 aliphatic heterocycles. The number of nitrogens with zero attached hydrogens (tertiary/aromatic N) is 1. The molecule has 0 aliphatic carbocycles. The van der Waals surface area contributed by atoms with Gasteiger partial charge in [0.2, 0.25) is 0 Å². The van der Waals surface area contributed by atoms with Gasteiger partial charge in [-0.2, -0.15) is 0 Å². The van der Waals surface area contributed by atoms with Gasteiger partial charge in [-0.15, -0.1) is 11.3 Å². The molecule has 0 fully saturated rings. The first-order valence-corrected chi connectivity index (χ1v) is 12.6. The molecule has 4 atom stereocenters. The zero-order valence-corrected chi connectivity index (χ0v) is 21.9. The Morgan fingerprint density at radius 2 is 1.91 bits per heavy atom. The van der Waals surface area contributed by atoms with Crippen LogP contribution in [-0.2, 0) is 10.4 Å². The van der Waals surface area contributed by atoms with Gasteiger partial charge in [-0.25, -0.2) is 4.98 Å². The summed E-state index contributed by atoms with van der Waals surface area (Å²) in [6.07, 6.45) is 3.33. The number of ketones is 1. The lowest BCUT2D eigenvalue weighted by atomic mass is 9.72. The van der Waals surface area contributed by atoms with Crippen LogP contribution in [0.2, 0.25) is 0 Å². The van der Waals surface area contributed by atoms with E-state index in [0.29, 0.717) is 18.5 Å². The summed E-state index contributed by atoms with van der Waals surface area (Å²) in [5.41, 5.74) is -0.125. The smallest absolute Gasteiger partial charge is 0.144 e. The van der Waals surface area contributed by atoms with E-state index in [9.17, 15) is 20.1 Å². The molecule has 4 unspecified atom stereocenters. The van der Waals surface area contributed by atoms with Crippen molar-refractivity contribution >= 4 is 17.1 Å². The van der Waals surface area contributed by atoms with Crippen molar-refractivity contribution in [2.75, 3.05) is 6.61 Å². The molecular formula is C26H43NO5S. The zero-order valence-electron chi connectivity index (χ0n) is 21.1. The fourth-order valence-electron chi connectivity index (χ4n) is 3.76. The summed E-state index contributed by atoms with van der Waals surface area (Å²) in [5.74, 6) is -0.490. The van der Waals surface area contributed by atoms with E-state index in [1.165, 1.54) is 16.9 Å². The van der Waals surface area contributed by atoms with Crippen molar-refractivity contribution in [2.45, 2.75) is 97.9 Å². The molecule has 1 aromatic rings. The number of aromatic nitrogens is 1. The summed E-state index contributed by atoms with van der Waals surface area (Å²) < 4.78 is 0. The molecule has 1 rings (SSSR count). The maximum Gasteiger partial charge on any atom is 0.144 e. The fraction of sp³-hybridized carbons (Fsp3) is 0.692. The molecular weight excluding hydrogens is 438 g/mol. The van der Waals surface area contributed by atoms with Crippen molar-refractivity contribution in [2.24, 2.45) is 11.3 Å². The molecule has 0 amide bonds. The summed E-state index contributed by atoms with van der Waals surface area (Å²) in [6, 6.07) is 0. The Kier molecular flexibility index (Phi) is 11.6. The van der Waals surface area contributed by atoms with Gasteiger partial charge in [-0.05, 0) is 58.8 Å². The lowest BCUT2D eigenvalue weighted by molar-refractivity contribution is -0.142. The molecule has 1 aromatic heterocycles.